The fourth-order valence-electron chi connectivity index (χ4n) is 2.12. The van der Waals surface area contributed by atoms with E-state index in [9.17, 15) is 4.79 Å². The topological polar surface area (TPSA) is 46.3 Å². The summed E-state index contributed by atoms with van der Waals surface area (Å²) in [5, 5.41) is 2.04. The van der Waals surface area contributed by atoms with E-state index in [2.05, 4.69) is 13.0 Å². The van der Waals surface area contributed by atoms with Gasteiger partial charge in [-0.15, -0.1) is 11.3 Å². The Morgan fingerprint density at radius 1 is 1.30 bits per heavy atom. The lowest BCUT2D eigenvalue weighted by Gasteiger charge is -2.24. The zero-order valence-corrected chi connectivity index (χ0v) is 12.7. The largest absolute Gasteiger partial charge is 0.399 e. The molecule has 1 aromatic heterocycles. The normalized spacial score (nSPS) is 12.1. The zero-order valence-electron chi connectivity index (χ0n) is 11.9. The first kappa shape index (κ1) is 14.6. The van der Waals surface area contributed by atoms with E-state index in [1.807, 2.05) is 47.7 Å². The van der Waals surface area contributed by atoms with E-state index < -0.39 is 0 Å². The number of aryl methyl sites for hydroxylation is 1. The molecular weight excluding hydrogens is 268 g/mol. The molecule has 2 aromatic rings. The van der Waals surface area contributed by atoms with Crippen LogP contribution in [0.1, 0.15) is 29.8 Å². The summed E-state index contributed by atoms with van der Waals surface area (Å²) in [4.78, 5) is 15.3. The van der Waals surface area contributed by atoms with Crippen LogP contribution in [0.25, 0.3) is 0 Å². The molecule has 2 N–H and O–H groups in total. The van der Waals surface area contributed by atoms with Gasteiger partial charge in [-0.3, -0.25) is 4.79 Å². The number of nitrogens with two attached hydrogens (primary N) is 1. The van der Waals surface area contributed by atoms with Crippen molar-refractivity contribution in [3.8, 4) is 0 Å². The summed E-state index contributed by atoms with van der Waals surface area (Å²) < 4.78 is 0. The van der Waals surface area contributed by atoms with Crippen LogP contribution in [0.4, 0.5) is 5.69 Å². The molecule has 0 bridgehead atoms. The van der Waals surface area contributed by atoms with Gasteiger partial charge in [0.25, 0.3) is 0 Å². The predicted octanol–water partition coefficient (Wildman–Crippen LogP) is 3.48. The Kier molecular flexibility index (Phi) is 4.79. The number of nitrogens with zero attached hydrogens (tertiary/aromatic N) is 1. The van der Waals surface area contributed by atoms with Crippen molar-refractivity contribution < 1.29 is 4.79 Å². The van der Waals surface area contributed by atoms with Gasteiger partial charge in [-0.05, 0) is 36.4 Å². The first-order valence-electron chi connectivity index (χ1n) is 6.72. The van der Waals surface area contributed by atoms with E-state index in [0.29, 0.717) is 12.8 Å². The van der Waals surface area contributed by atoms with Gasteiger partial charge in [-0.25, -0.2) is 0 Å². The van der Waals surface area contributed by atoms with E-state index in [1.54, 1.807) is 11.3 Å². The summed E-state index contributed by atoms with van der Waals surface area (Å²) in [7, 11) is 1.86. The van der Waals surface area contributed by atoms with Crippen molar-refractivity contribution in [1.82, 2.24) is 4.90 Å². The lowest BCUT2D eigenvalue weighted by molar-refractivity contribution is -0.131. The lowest BCUT2D eigenvalue weighted by atomic mass is 10.1. The second-order valence-corrected chi connectivity index (χ2v) is 5.87. The number of anilines is 1. The summed E-state index contributed by atoms with van der Waals surface area (Å²) in [6.07, 6.45) is 1.17. The Hall–Kier alpha value is -1.81. The Morgan fingerprint density at radius 3 is 2.70 bits per heavy atom. The summed E-state index contributed by atoms with van der Waals surface area (Å²) in [6.45, 7) is 2.06. The molecule has 2 rings (SSSR count). The molecule has 0 saturated heterocycles. The summed E-state index contributed by atoms with van der Waals surface area (Å²) in [5.74, 6) is 0.147. The van der Waals surface area contributed by atoms with E-state index >= 15 is 0 Å². The summed E-state index contributed by atoms with van der Waals surface area (Å²) >= 11 is 1.68. The van der Waals surface area contributed by atoms with Gasteiger partial charge in [0.15, 0.2) is 0 Å². The average Bonchev–Trinajstić information content (AvgIpc) is 2.98. The molecular formula is C16H20N2OS. The molecule has 0 radical (unpaired) electrons. The highest BCUT2D eigenvalue weighted by Gasteiger charge is 2.18. The third-order valence-electron chi connectivity index (χ3n) is 3.59. The second-order valence-electron chi connectivity index (χ2n) is 4.89. The van der Waals surface area contributed by atoms with Gasteiger partial charge in [0.1, 0.15) is 0 Å². The first-order valence-corrected chi connectivity index (χ1v) is 7.60. The Bertz CT molecular complexity index is 566. The third-order valence-corrected chi connectivity index (χ3v) is 4.64. The highest BCUT2D eigenvalue weighted by molar-refractivity contribution is 7.10. The number of para-hydroxylation sites is 1. The number of rotatable bonds is 5. The molecule has 1 aromatic carbocycles. The number of amides is 1. The van der Waals surface area contributed by atoms with Crippen molar-refractivity contribution in [3.05, 3.63) is 52.2 Å². The van der Waals surface area contributed by atoms with Crippen LogP contribution in [-0.2, 0) is 11.2 Å². The molecule has 0 aliphatic heterocycles. The molecule has 3 nitrogen and oxygen atoms in total. The zero-order chi connectivity index (χ0) is 14.5. The number of carbonyl (C=O) groups excluding carboxylic acids is 1. The minimum absolute atomic E-state index is 0.121. The molecule has 1 amide bonds. The van der Waals surface area contributed by atoms with Crippen LogP contribution < -0.4 is 5.73 Å². The Labute approximate surface area is 124 Å². The molecule has 4 heteroatoms. The minimum Gasteiger partial charge on any atom is -0.399 e. The van der Waals surface area contributed by atoms with Crippen LogP contribution in [0.15, 0.2) is 41.8 Å². The van der Waals surface area contributed by atoms with Crippen molar-refractivity contribution in [3.63, 3.8) is 0 Å². The van der Waals surface area contributed by atoms with E-state index in [0.717, 1.165) is 11.3 Å². The van der Waals surface area contributed by atoms with Gasteiger partial charge in [0, 0.05) is 24.0 Å². The number of thiophene rings is 1. The molecule has 0 spiro atoms. The quantitative estimate of drug-likeness (QED) is 0.856. The van der Waals surface area contributed by atoms with E-state index in [1.165, 1.54) is 4.88 Å². The van der Waals surface area contributed by atoms with Crippen LogP contribution in [0.5, 0.6) is 0 Å². The summed E-state index contributed by atoms with van der Waals surface area (Å²) in [5.41, 5.74) is 7.70. The Morgan fingerprint density at radius 2 is 2.05 bits per heavy atom. The highest BCUT2D eigenvalue weighted by Crippen LogP contribution is 2.24. The van der Waals surface area contributed by atoms with Crippen molar-refractivity contribution in [2.45, 2.75) is 25.8 Å². The average molecular weight is 288 g/mol. The molecule has 0 aliphatic rings. The number of hydrogen-bond donors (Lipinski definition) is 1. The number of nitrogen functional groups attached to an aromatic ring is 1. The van der Waals surface area contributed by atoms with Gasteiger partial charge < -0.3 is 10.6 Å². The van der Waals surface area contributed by atoms with Crippen LogP contribution in [0.3, 0.4) is 0 Å². The monoisotopic (exact) mass is 288 g/mol. The van der Waals surface area contributed by atoms with Crippen molar-refractivity contribution in [2.24, 2.45) is 0 Å². The van der Waals surface area contributed by atoms with Crippen LogP contribution in [0, 0.1) is 0 Å². The number of benzene rings is 1. The molecule has 1 heterocycles. The third kappa shape index (κ3) is 3.39. The minimum atomic E-state index is 0.121. The maximum Gasteiger partial charge on any atom is 0.223 e. The van der Waals surface area contributed by atoms with Crippen LogP contribution in [0.2, 0.25) is 0 Å². The van der Waals surface area contributed by atoms with Gasteiger partial charge >= 0.3 is 0 Å². The lowest BCUT2D eigenvalue weighted by Crippen LogP contribution is -2.29. The van der Waals surface area contributed by atoms with Crippen LogP contribution >= 0.6 is 11.3 Å². The first-order chi connectivity index (χ1) is 9.59. The molecule has 0 saturated carbocycles. The smallest absolute Gasteiger partial charge is 0.223 e. The molecule has 20 heavy (non-hydrogen) atoms. The Balaban J connectivity index is 1.93. The fraction of sp³-hybridized carbons (Fsp3) is 0.312. The molecule has 0 fully saturated rings. The summed E-state index contributed by atoms with van der Waals surface area (Å²) in [6, 6.07) is 11.9. The standard InChI is InChI=1S/C16H20N2OS/c1-12(15-8-5-11-20-15)18(2)16(19)10-9-13-6-3-4-7-14(13)17/h3-8,11-12H,9-10,17H2,1-2H3. The number of carbonyl (C=O) groups is 1. The van der Waals surface area contributed by atoms with Gasteiger partial charge in [-0.1, -0.05) is 24.3 Å². The number of hydrogen-bond acceptors (Lipinski definition) is 3. The molecule has 1 atom stereocenters. The fourth-order valence-corrected chi connectivity index (χ4v) is 2.94. The second kappa shape index (κ2) is 6.57. The predicted molar refractivity (Wildman–Crippen MR) is 84.7 cm³/mol. The maximum absolute atomic E-state index is 12.3. The van der Waals surface area contributed by atoms with Crippen molar-refractivity contribution in [2.75, 3.05) is 12.8 Å². The SMILES string of the molecule is CC(c1cccs1)N(C)C(=O)CCc1ccccc1N. The molecule has 1 unspecified atom stereocenters. The van der Waals surface area contributed by atoms with Gasteiger partial charge in [0.05, 0.1) is 6.04 Å². The maximum atomic E-state index is 12.3. The van der Waals surface area contributed by atoms with Crippen molar-refractivity contribution in [1.29, 1.82) is 0 Å². The molecule has 0 aliphatic carbocycles. The highest BCUT2D eigenvalue weighted by atomic mass is 32.1. The van der Waals surface area contributed by atoms with Gasteiger partial charge in [-0.2, -0.15) is 0 Å². The van der Waals surface area contributed by atoms with Crippen molar-refractivity contribution >= 4 is 22.9 Å². The van der Waals surface area contributed by atoms with E-state index in [-0.39, 0.29) is 11.9 Å². The van der Waals surface area contributed by atoms with Gasteiger partial charge in [0.2, 0.25) is 5.91 Å². The molecule has 106 valence electrons. The van der Waals surface area contributed by atoms with Crippen LogP contribution in [-0.4, -0.2) is 17.9 Å². The van der Waals surface area contributed by atoms with E-state index in [4.69, 9.17) is 5.73 Å².